The number of carbonyl (C=O) groups is 2. The SMILES string of the molecule is CC1=C(C)C(=O)C(COCc2ccccc2)=C(C)C1=O. The van der Waals surface area contributed by atoms with E-state index in [1.807, 2.05) is 30.3 Å². The maximum absolute atomic E-state index is 12.2. The van der Waals surface area contributed by atoms with E-state index in [0.717, 1.165) is 5.56 Å². The molecule has 0 unspecified atom stereocenters. The Balaban J connectivity index is 2.06. The molecule has 1 aliphatic carbocycles. The van der Waals surface area contributed by atoms with E-state index in [0.29, 0.717) is 28.9 Å². The monoisotopic (exact) mass is 270 g/mol. The summed E-state index contributed by atoms with van der Waals surface area (Å²) in [5, 5.41) is 0. The van der Waals surface area contributed by atoms with Gasteiger partial charge in [-0.1, -0.05) is 30.3 Å². The lowest BCUT2D eigenvalue weighted by atomic mass is 9.86. The van der Waals surface area contributed by atoms with Gasteiger partial charge in [-0.05, 0) is 26.3 Å². The summed E-state index contributed by atoms with van der Waals surface area (Å²) in [6, 6.07) is 9.74. The van der Waals surface area contributed by atoms with Crippen LogP contribution in [0, 0.1) is 0 Å². The van der Waals surface area contributed by atoms with Crippen molar-refractivity contribution in [3.63, 3.8) is 0 Å². The zero-order valence-corrected chi connectivity index (χ0v) is 12.0. The number of ether oxygens (including phenoxy) is 1. The molecular weight excluding hydrogens is 252 g/mol. The summed E-state index contributed by atoms with van der Waals surface area (Å²) < 4.78 is 5.58. The summed E-state index contributed by atoms with van der Waals surface area (Å²) in [4.78, 5) is 24.2. The second-order valence-electron chi connectivity index (χ2n) is 4.99. The van der Waals surface area contributed by atoms with Crippen molar-refractivity contribution in [1.29, 1.82) is 0 Å². The average molecular weight is 270 g/mol. The predicted octanol–water partition coefficient (Wildman–Crippen LogP) is 3.01. The van der Waals surface area contributed by atoms with Gasteiger partial charge in [-0.15, -0.1) is 0 Å². The molecule has 0 aliphatic heterocycles. The molecule has 1 aliphatic rings. The van der Waals surface area contributed by atoms with E-state index in [-0.39, 0.29) is 18.2 Å². The van der Waals surface area contributed by atoms with Crippen molar-refractivity contribution in [1.82, 2.24) is 0 Å². The zero-order chi connectivity index (χ0) is 14.7. The van der Waals surface area contributed by atoms with Crippen LogP contribution < -0.4 is 0 Å². The van der Waals surface area contributed by atoms with Crippen molar-refractivity contribution < 1.29 is 14.3 Å². The van der Waals surface area contributed by atoms with E-state index in [2.05, 4.69) is 0 Å². The van der Waals surface area contributed by atoms with Crippen LogP contribution in [-0.4, -0.2) is 18.2 Å². The molecule has 0 saturated carbocycles. The molecule has 0 N–H and O–H groups in total. The van der Waals surface area contributed by atoms with Crippen molar-refractivity contribution in [2.75, 3.05) is 6.61 Å². The molecule has 2 rings (SSSR count). The Hall–Kier alpha value is -2.00. The molecule has 104 valence electrons. The molecule has 0 bridgehead atoms. The number of benzene rings is 1. The minimum atomic E-state index is -0.0762. The number of ketones is 2. The molecule has 0 atom stereocenters. The standard InChI is InChI=1S/C17H18O3/c1-11-12(2)17(19)15(13(3)16(11)18)10-20-9-14-7-5-4-6-8-14/h4-8H,9-10H2,1-3H3. The number of hydrogen-bond donors (Lipinski definition) is 0. The van der Waals surface area contributed by atoms with Crippen molar-refractivity contribution in [2.45, 2.75) is 27.4 Å². The Morgan fingerprint density at radius 2 is 1.40 bits per heavy atom. The molecule has 0 radical (unpaired) electrons. The molecule has 0 heterocycles. The highest BCUT2D eigenvalue weighted by molar-refractivity contribution is 6.24. The molecule has 0 fully saturated rings. The quantitative estimate of drug-likeness (QED) is 0.790. The van der Waals surface area contributed by atoms with Crippen molar-refractivity contribution >= 4 is 11.6 Å². The van der Waals surface area contributed by atoms with Crippen LogP contribution >= 0.6 is 0 Å². The smallest absolute Gasteiger partial charge is 0.187 e. The highest BCUT2D eigenvalue weighted by atomic mass is 16.5. The van der Waals surface area contributed by atoms with Crippen molar-refractivity contribution in [2.24, 2.45) is 0 Å². The Bertz CT molecular complexity index is 606. The first-order valence-corrected chi connectivity index (χ1v) is 6.60. The first-order chi connectivity index (χ1) is 9.52. The fraction of sp³-hybridized carbons (Fsp3) is 0.294. The molecule has 0 saturated heterocycles. The van der Waals surface area contributed by atoms with Crippen LogP contribution in [0.2, 0.25) is 0 Å². The number of rotatable bonds is 4. The van der Waals surface area contributed by atoms with E-state index in [1.165, 1.54) is 0 Å². The Morgan fingerprint density at radius 3 is 2.05 bits per heavy atom. The molecule has 0 amide bonds. The highest BCUT2D eigenvalue weighted by Gasteiger charge is 2.27. The molecule has 0 spiro atoms. The summed E-state index contributed by atoms with van der Waals surface area (Å²) in [7, 11) is 0. The van der Waals surface area contributed by atoms with Crippen LogP contribution in [0.1, 0.15) is 26.3 Å². The van der Waals surface area contributed by atoms with Gasteiger partial charge >= 0.3 is 0 Å². The predicted molar refractivity (Wildman–Crippen MR) is 77.2 cm³/mol. The average Bonchev–Trinajstić information content (AvgIpc) is 2.48. The third kappa shape index (κ3) is 2.78. The van der Waals surface area contributed by atoms with E-state index in [9.17, 15) is 9.59 Å². The summed E-state index contributed by atoms with van der Waals surface area (Å²) in [5.74, 6) is -0.131. The van der Waals surface area contributed by atoms with Gasteiger partial charge in [-0.2, -0.15) is 0 Å². The lowest BCUT2D eigenvalue weighted by molar-refractivity contribution is -0.117. The fourth-order valence-electron chi connectivity index (χ4n) is 2.17. The third-order valence-electron chi connectivity index (χ3n) is 3.67. The van der Waals surface area contributed by atoms with Crippen LogP contribution in [0.25, 0.3) is 0 Å². The minimum Gasteiger partial charge on any atom is -0.372 e. The molecular formula is C17H18O3. The van der Waals surface area contributed by atoms with Crippen LogP contribution in [0.3, 0.4) is 0 Å². The van der Waals surface area contributed by atoms with Gasteiger partial charge in [0.05, 0.1) is 13.2 Å². The van der Waals surface area contributed by atoms with E-state index in [1.54, 1.807) is 20.8 Å². The van der Waals surface area contributed by atoms with Gasteiger partial charge in [0.15, 0.2) is 11.6 Å². The van der Waals surface area contributed by atoms with Gasteiger partial charge in [0.2, 0.25) is 0 Å². The van der Waals surface area contributed by atoms with E-state index < -0.39 is 0 Å². The van der Waals surface area contributed by atoms with Gasteiger partial charge in [0.1, 0.15) is 0 Å². The van der Waals surface area contributed by atoms with Crippen LogP contribution in [0.5, 0.6) is 0 Å². The molecule has 1 aromatic carbocycles. The van der Waals surface area contributed by atoms with Crippen molar-refractivity contribution in [3.05, 3.63) is 58.2 Å². The van der Waals surface area contributed by atoms with Crippen molar-refractivity contribution in [3.8, 4) is 0 Å². The Labute approximate surface area is 118 Å². The van der Waals surface area contributed by atoms with Crippen LogP contribution in [0.4, 0.5) is 0 Å². The molecule has 1 aromatic rings. The van der Waals surface area contributed by atoms with E-state index in [4.69, 9.17) is 4.74 Å². The van der Waals surface area contributed by atoms with Gasteiger partial charge in [0, 0.05) is 22.3 Å². The molecule has 3 nitrogen and oxygen atoms in total. The number of Topliss-reactive ketones (excluding diaryl/α,β-unsaturated/α-hetero) is 2. The Morgan fingerprint density at radius 1 is 0.800 bits per heavy atom. The molecule has 20 heavy (non-hydrogen) atoms. The lowest BCUT2D eigenvalue weighted by Gasteiger charge is -2.18. The maximum atomic E-state index is 12.2. The topological polar surface area (TPSA) is 43.4 Å². The lowest BCUT2D eigenvalue weighted by Crippen LogP contribution is -2.23. The van der Waals surface area contributed by atoms with Gasteiger partial charge in [0.25, 0.3) is 0 Å². The summed E-state index contributed by atoms with van der Waals surface area (Å²) in [6.45, 7) is 5.69. The second-order valence-corrected chi connectivity index (χ2v) is 4.99. The number of carbonyl (C=O) groups excluding carboxylic acids is 2. The highest BCUT2D eigenvalue weighted by Crippen LogP contribution is 2.24. The number of hydrogen-bond acceptors (Lipinski definition) is 3. The second kappa shape index (κ2) is 5.97. The summed E-state index contributed by atoms with van der Waals surface area (Å²) in [6.07, 6.45) is 0. The normalized spacial score (nSPS) is 16.1. The molecule has 0 aromatic heterocycles. The largest absolute Gasteiger partial charge is 0.372 e. The molecule has 3 heteroatoms. The minimum absolute atomic E-state index is 0.0552. The third-order valence-corrected chi connectivity index (χ3v) is 3.67. The maximum Gasteiger partial charge on any atom is 0.187 e. The summed E-state index contributed by atoms with van der Waals surface area (Å²) >= 11 is 0. The fourth-order valence-corrected chi connectivity index (χ4v) is 2.17. The van der Waals surface area contributed by atoms with Crippen LogP contribution in [0.15, 0.2) is 52.6 Å². The zero-order valence-electron chi connectivity index (χ0n) is 12.0. The van der Waals surface area contributed by atoms with Gasteiger partial charge in [-0.3, -0.25) is 9.59 Å². The number of allylic oxidation sites excluding steroid dienone is 3. The first-order valence-electron chi connectivity index (χ1n) is 6.60. The summed E-state index contributed by atoms with van der Waals surface area (Å²) in [5.41, 5.74) is 3.10. The van der Waals surface area contributed by atoms with Crippen LogP contribution in [-0.2, 0) is 20.9 Å². The van der Waals surface area contributed by atoms with Gasteiger partial charge in [-0.25, -0.2) is 0 Å². The first kappa shape index (κ1) is 14.4. The Kier molecular flexibility index (Phi) is 4.30. The van der Waals surface area contributed by atoms with E-state index >= 15 is 0 Å². The van der Waals surface area contributed by atoms with Gasteiger partial charge < -0.3 is 4.74 Å².